The van der Waals surface area contributed by atoms with Crippen molar-refractivity contribution in [1.82, 2.24) is 10.2 Å². The van der Waals surface area contributed by atoms with Gasteiger partial charge in [-0.2, -0.15) is 0 Å². The lowest BCUT2D eigenvalue weighted by molar-refractivity contribution is -0.145. The first-order valence-electron chi connectivity index (χ1n) is 8.51. The fourth-order valence-corrected chi connectivity index (χ4v) is 3.68. The van der Waals surface area contributed by atoms with E-state index in [9.17, 15) is 19.5 Å². The Bertz CT molecular complexity index is 483. The number of hydrogen-bond donors (Lipinski definition) is 2. The molecule has 1 saturated heterocycles. The molecule has 2 fully saturated rings. The van der Waals surface area contributed by atoms with Gasteiger partial charge in [-0.1, -0.05) is 12.8 Å². The van der Waals surface area contributed by atoms with Crippen LogP contribution in [-0.2, 0) is 14.4 Å². The zero-order chi connectivity index (χ0) is 17.2. The Morgan fingerprint density at radius 2 is 1.91 bits per heavy atom. The summed E-state index contributed by atoms with van der Waals surface area (Å²) in [5.41, 5.74) is -0.274. The smallest absolute Gasteiger partial charge is 0.306 e. The topological polar surface area (TPSA) is 86.7 Å². The van der Waals surface area contributed by atoms with Gasteiger partial charge >= 0.3 is 5.97 Å². The van der Waals surface area contributed by atoms with Crippen LogP contribution in [0.15, 0.2) is 0 Å². The summed E-state index contributed by atoms with van der Waals surface area (Å²) in [4.78, 5) is 37.4. The van der Waals surface area contributed by atoms with Crippen LogP contribution in [0.1, 0.15) is 52.9 Å². The average Bonchev–Trinajstić information content (AvgIpc) is 2.87. The van der Waals surface area contributed by atoms with Crippen LogP contribution in [0.3, 0.4) is 0 Å². The number of carbonyl (C=O) groups is 3. The third-order valence-corrected chi connectivity index (χ3v) is 5.07. The van der Waals surface area contributed by atoms with E-state index < -0.39 is 5.97 Å². The molecule has 3 atom stereocenters. The summed E-state index contributed by atoms with van der Waals surface area (Å²) in [6, 6.07) is 0. The number of carboxylic acid groups (broad SMARTS) is 1. The SMILES string of the molecule is CC(C)(C)N1CC(C(=O)NC[C@@H]2CCCC[C@@H]2C(=O)O)CC1=O. The lowest BCUT2D eigenvalue weighted by Crippen LogP contribution is -2.44. The highest BCUT2D eigenvalue weighted by Gasteiger charge is 2.39. The van der Waals surface area contributed by atoms with Crippen LogP contribution in [0.2, 0.25) is 0 Å². The zero-order valence-corrected chi connectivity index (χ0v) is 14.3. The van der Waals surface area contributed by atoms with Gasteiger partial charge in [-0.15, -0.1) is 0 Å². The number of nitrogens with zero attached hydrogens (tertiary/aromatic N) is 1. The molecule has 0 aromatic carbocycles. The van der Waals surface area contributed by atoms with E-state index in [1.807, 2.05) is 20.8 Å². The van der Waals surface area contributed by atoms with Gasteiger partial charge in [-0.25, -0.2) is 0 Å². The molecule has 1 aliphatic carbocycles. The molecular weight excluding hydrogens is 296 g/mol. The highest BCUT2D eigenvalue weighted by Crippen LogP contribution is 2.30. The lowest BCUT2D eigenvalue weighted by Gasteiger charge is -2.32. The van der Waals surface area contributed by atoms with E-state index in [-0.39, 0.29) is 41.5 Å². The van der Waals surface area contributed by atoms with E-state index in [2.05, 4.69) is 5.32 Å². The van der Waals surface area contributed by atoms with Crippen LogP contribution in [-0.4, -0.2) is 46.4 Å². The van der Waals surface area contributed by atoms with E-state index in [1.54, 1.807) is 4.90 Å². The van der Waals surface area contributed by atoms with Gasteiger partial charge in [0.15, 0.2) is 0 Å². The van der Waals surface area contributed by atoms with Gasteiger partial charge in [-0.3, -0.25) is 14.4 Å². The molecule has 1 heterocycles. The number of hydrogen-bond acceptors (Lipinski definition) is 3. The van der Waals surface area contributed by atoms with Crippen LogP contribution in [0.25, 0.3) is 0 Å². The molecule has 0 spiro atoms. The van der Waals surface area contributed by atoms with Crippen molar-refractivity contribution in [1.29, 1.82) is 0 Å². The number of carbonyl (C=O) groups excluding carboxylic acids is 2. The second kappa shape index (κ2) is 6.89. The molecule has 1 saturated carbocycles. The molecule has 130 valence electrons. The minimum atomic E-state index is -0.765. The molecular formula is C17H28N2O4. The van der Waals surface area contributed by atoms with Crippen molar-refractivity contribution in [3.63, 3.8) is 0 Å². The molecule has 23 heavy (non-hydrogen) atoms. The van der Waals surface area contributed by atoms with Crippen LogP contribution < -0.4 is 5.32 Å². The first kappa shape index (κ1) is 17.8. The van der Waals surface area contributed by atoms with Crippen LogP contribution >= 0.6 is 0 Å². The van der Waals surface area contributed by atoms with Gasteiger partial charge in [0, 0.05) is 25.0 Å². The van der Waals surface area contributed by atoms with Gasteiger partial charge in [-0.05, 0) is 39.5 Å². The first-order valence-corrected chi connectivity index (χ1v) is 8.51. The molecule has 2 N–H and O–H groups in total. The summed E-state index contributed by atoms with van der Waals surface area (Å²) in [5, 5.41) is 12.2. The molecule has 2 rings (SSSR count). The van der Waals surface area contributed by atoms with E-state index in [4.69, 9.17) is 0 Å². The molecule has 0 radical (unpaired) electrons. The molecule has 2 aliphatic rings. The predicted octanol–water partition coefficient (Wildman–Crippen LogP) is 1.64. The molecule has 0 aromatic heterocycles. The standard InChI is InChI=1S/C17H28N2O4/c1-17(2,3)19-10-12(8-14(19)20)15(21)18-9-11-6-4-5-7-13(11)16(22)23/h11-13H,4-10H2,1-3H3,(H,18,21)(H,22,23)/t11-,12?,13-/m0/s1. The van der Waals surface area contributed by atoms with Gasteiger partial charge < -0.3 is 15.3 Å². The van der Waals surface area contributed by atoms with E-state index in [1.165, 1.54) is 0 Å². The second-order valence-electron chi connectivity index (χ2n) is 7.81. The zero-order valence-electron chi connectivity index (χ0n) is 14.3. The fourth-order valence-electron chi connectivity index (χ4n) is 3.68. The van der Waals surface area contributed by atoms with Crippen LogP contribution in [0.4, 0.5) is 0 Å². The van der Waals surface area contributed by atoms with Crippen molar-refractivity contribution in [2.24, 2.45) is 17.8 Å². The largest absolute Gasteiger partial charge is 0.481 e. The minimum absolute atomic E-state index is 0.000948. The molecule has 6 heteroatoms. The summed E-state index contributed by atoms with van der Waals surface area (Å²) in [6.45, 7) is 6.73. The predicted molar refractivity (Wildman–Crippen MR) is 85.7 cm³/mol. The summed E-state index contributed by atoms with van der Waals surface area (Å²) in [7, 11) is 0. The molecule has 1 aliphatic heterocycles. The Balaban J connectivity index is 1.88. The quantitative estimate of drug-likeness (QED) is 0.823. The maximum Gasteiger partial charge on any atom is 0.306 e. The number of rotatable bonds is 4. The maximum absolute atomic E-state index is 12.3. The molecule has 1 unspecified atom stereocenters. The van der Waals surface area contributed by atoms with Crippen molar-refractivity contribution in [3.8, 4) is 0 Å². The van der Waals surface area contributed by atoms with Gasteiger partial charge in [0.25, 0.3) is 0 Å². The Morgan fingerprint density at radius 1 is 1.26 bits per heavy atom. The fraction of sp³-hybridized carbons (Fsp3) is 0.824. The van der Waals surface area contributed by atoms with Crippen molar-refractivity contribution < 1.29 is 19.5 Å². The van der Waals surface area contributed by atoms with E-state index in [0.29, 0.717) is 19.5 Å². The van der Waals surface area contributed by atoms with Crippen LogP contribution in [0, 0.1) is 17.8 Å². The van der Waals surface area contributed by atoms with Crippen molar-refractivity contribution in [2.75, 3.05) is 13.1 Å². The van der Waals surface area contributed by atoms with Crippen molar-refractivity contribution in [2.45, 2.75) is 58.4 Å². The Kier molecular flexibility index (Phi) is 5.32. The average molecular weight is 324 g/mol. The van der Waals surface area contributed by atoms with Crippen LogP contribution in [0.5, 0.6) is 0 Å². The molecule has 2 amide bonds. The number of amides is 2. The molecule has 6 nitrogen and oxygen atoms in total. The second-order valence-corrected chi connectivity index (χ2v) is 7.81. The lowest BCUT2D eigenvalue weighted by atomic mass is 9.79. The van der Waals surface area contributed by atoms with Crippen molar-refractivity contribution in [3.05, 3.63) is 0 Å². The van der Waals surface area contributed by atoms with E-state index >= 15 is 0 Å². The summed E-state index contributed by atoms with van der Waals surface area (Å²) in [5.74, 6) is -1.56. The summed E-state index contributed by atoms with van der Waals surface area (Å²) < 4.78 is 0. The number of likely N-dealkylation sites (tertiary alicyclic amines) is 1. The van der Waals surface area contributed by atoms with Gasteiger partial charge in [0.1, 0.15) is 0 Å². The third-order valence-electron chi connectivity index (χ3n) is 5.07. The van der Waals surface area contributed by atoms with Gasteiger partial charge in [0.05, 0.1) is 11.8 Å². The summed E-state index contributed by atoms with van der Waals surface area (Å²) >= 11 is 0. The number of carboxylic acids is 1. The maximum atomic E-state index is 12.3. The number of aliphatic carboxylic acids is 1. The number of nitrogens with one attached hydrogen (secondary N) is 1. The normalized spacial score (nSPS) is 28.7. The molecule has 0 aromatic rings. The first-order chi connectivity index (χ1) is 10.7. The summed E-state index contributed by atoms with van der Waals surface area (Å²) in [6.07, 6.45) is 3.74. The highest BCUT2D eigenvalue weighted by molar-refractivity contribution is 5.89. The molecule has 0 bridgehead atoms. The highest BCUT2D eigenvalue weighted by atomic mass is 16.4. The Hall–Kier alpha value is -1.59. The third kappa shape index (κ3) is 4.24. The monoisotopic (exact) mass is 324 g/mol. The Labute approximate surface area is 137 Å². The Morgan fingerprint density at radius 3 is 2.48 bits per heavy atom. The van der Waals surface area contributed by atoms with Crippen molar-refractivity contribution >= 4 is 17.8 Å². The van der Waals surface area contributed by atoms with Gasteiger partial charge in [0.2, 0.25) is 11.8 Å². The van der Waals surface area contributed by atoms with E-state index in [0.717, 1.165) is 19.3 Å². The minimum Gasteiger partial charge on any atom is -0.481 e.